The molecule has 2 aliphatic rings. The first kappa shape index (κ1) is 31.3. The molecule has 258 valence electrons. The summed E-state index contributed by atoms with van der Waals surface area (Å²) in [5.41, 5.74) is 13.2. The third kappa shape index (κ3) is 5.32. The van der Waals surface area contributed by atoms with Crippen LogP contribution in [0, 0.1) is 5.92 Å². The number of imidazole rings is 1. The molecule has 55 heavy (non-hydrogen) atoms. The number of nitrogens with zero attached hydrogens (tertiary/aromatic N) is 5. The lowest BCUT2D eigenvalue weighted by Crippen LogP contribution is -2.08. The zero-order valence-corrected chi connectivity index (χ0v) is 29.8. The first-order valence-corrected chi connectivity index (χ1v) is 18.8. The number of fused-ring (bicyclic) bond motifs is 7. The molecule has 0 radical (unpaired) electrons. The average Bonchev–Trinajstić information content (AvgIpc) is 3.64. The summed E-state index contributed by atoms with van der Waals surface area (Å²) >= 11 is 0. The maximum absolute atomic E-state index is 5.26. The summed E-state index contributed by atoms with van der Waals surface area (Å²) in [6.45, 7) is 0. The van der Waals surface area contributed by atoms with Crippen molar-refractivity contribution < 1.29 is 0 Å². The molecule has 2 aliphatic carbocycles. The van der Waals surface area contributed by atoms with Crippen LogP contribution in [0.3, 0.4) is 0 Å². The van der Waals surface area contributed by atoms with Gasteiger partial charge >= 0.3 is 0 Å². The molecule has 0 spiro atoms. The van der Waals surface area contributed by atoms with E-state index in [1.807, 2.05) is 24.4 Å². The number of hydrogen-bond acceptors (Lipinski definition) is 4. The van der Waals surface area contributed by atoms with Gasteiger partial charge in [0.05, 0.1) is 17.1 Å². The van der Waals surface area contributed by atoms with Crippen LogP contribution in [0.4, 0.5) is 0 Å². The number of allylic oxidation sites excluding steroid dienone is 8. The molecule has 0 aliphatic heterocycles. The van der Waals surface area contributed by atoms with Crippen molar-refractivity contribution in [3.8, 4) is 45.0 Å². The zero-order chi connectivity index (χ0) is 36.3. The lowest BCUT2D eigenvalue weighted by Gasteiger charge is -2.23. The van der Waals surface area contributed by atoms with E-state index in [4.69, 9.17) is 19.9 Å². The molecule has 1 atom stereocenters. The Morgan fingerprint density at radius 2 is 1.31 bits per heavy atom. The van der Waals surface area contributed by atoms with Gasteiger partial charge in [-0.1, -0.05) is 152 Å². The van der Waals surface area contributed by atoms with Gasteiger partial charge < -0.3 is 0 Å². The number of hydrogen-bond donors (Lipinski definition) is 0. The van der Waals surface area contributed by atoms with Gasteiger partial charge in [-0.25, -0.2) is 19.9 Å². The first-order valence-electron chi connectivity index (χ1n) is 18.8. The lowest BCUT2D eigenvalue weighted by molar-refractivity contribution is 0.783. The summed E-state index contributed by atoms with van der Waals surface area (Å²) < 4.78 is 2.07. The summed E-state index contributed by atoms with van der Waals surface area (Å²) in [6, 6.07) is 48.9. The molecule has 0 saturated heterocycles. The van der Waals surface area contributed by atoms with Crippen molar-refractivity contribution in [3.63, 3.8) is 0 Å². The van der Waals surface area contributed by atoms with Gasteiger partial charge in [-0.05, 0) is 58.2 Å². The maximum Gasteiger partial charge on any atom is 0.165 e. The fraction of sp³-hybridized carbons (Fsp3) is 0.0400. The Morgan fingerprint density at radius 3 is 2.24 bits per heavy atom. The highest BCUT2D eigenvalue weighted by Crippen LogP contribution is 2.38. The number of aromatic nitrogens is 5. The van der Waals surface area contributed by atoms with Crippen LogP contribution in [-0.2, 0) is 0 Å². The van der Waals surface area contributed by atoms with E-state index in [0.717, 1.165) is 84.5 Å². The minimum absolute atomic E-state index is 0.356. The Kier molecular flexibility index (Phi) is 7.24. The minimum atomic E-state index is 0.356. The molecular weight excluding hydrogens is 671 g/mol. The Labute approximate surface area is 318 Å². The van der Waals surface area contributed by atoms with Crippen LogP contribution in [0.2, 0.25) is 0 Å². The smallest absolute Gasteiger partial charge is 0.165 e. The molecule has 5 heteroatoms. The van der Waals surface area contributed by atoms with E-state index in [1.54, 1.807) is 0 Å². The van der Waals surface area contributed by atoms with E-state index in [-0.39, 0.29) is 0 Å². The quantitative estimate of drug-likeness (QED) is 0.179. The maximum atomic E-state index is 5.26. The van der Waals surface area contributed by atoms with Crippen molar-refractivity contribution in [1.29, 1.82) is 0 Å². The highest BCUT2D eigenvalue weighted by Gasteiger charge is 2.22. The van der Waals surface area contributed by atoms with Crippen LogP contribution in [-0.4, -0.2) is 24.3 Å². The van der Waals surface area contributed by atoms with Crippen LogP contribution < -0.4 is 0 Å². The molecule has 0 fully saturated rings. The Balaban J connectivity index is 1.02. The number of benzene rings is 5. The van der Waals surface area contributed by atoms with E-state index in [2.05, 4.69) is 162 Å². The lowest BCUT2D eigenvalue weighted by atomic mass is 9.83. The largest absolute Gasteiger partial charge is 0.284 e. The molecule has 11 rings (SSSR count). The molecule has 5 nitrogen and oxygen atoms in total. The van der Waals surface area contributed by atoms with Gasteiger partial charge in [-0.2, -0.15) is 0 Å². The van der Waals surface area contributed by atoms with Gasteiger partial charge in [0.2, 0.25) is 0 Å². The molecular formula is C50H33N5. The fourth-order valence-electron chi connectivity index (χ4n) is 8.25. The number of rotatable bonds is 5. The van der Waals surface area contributed by atoms with Crippen LogP contribution in [0.1, 0.15) is 12.1 Å². The zero-order valence-electron chi connectivity index (χ0n) is 29.8. The molecule has 1 unspecified atom stereocenters. The van der Waals surface area contributed by atoms with E-state index in [9.17, 15) is 0 Å². The van der Waals surface area contributed by atoms with Crippen molar-refractivity contribution in [2.45, 2.75) is 6.42 Å². The van der Waals surface area contributed by atoms with Crippen LogP contribution >= 0.6 is 0 Å². The number of pyridine rings is 2. The first-order chi connectivity index (χ1) is 27.2. The summed E-state index contributed by atoms with van der Waals surface area (Å²) in [7, 11) is 0. The van der Waals surface area contributed by atoms with Gasteiger partial charge in [-0.3, -0.25) is 4.40 Å². The average molecular weight is 704 g/mol. The predicted molar refractivity (Wildman–Crippen MR) is 225 cm³/mol. The topological polar surface area (TPSA) is 56.0 Å². The van der Waals surface area contributed by atoms with Gasteiger partial charge in [0, 0.05) is 45.2 Å². The molecule has 0 amide bonds. The summed E-state index contributed by atoms with van der Waals surface area (Å²) in [6.07, 6.45) is 16.3. The molecule has 0 N–H and O–H groups in total. The second-order valence-electron chi connectivity index (χ2n) is 14.2. The van der Waals surface area contributed by atoms with Crippen LogP contribution in [0.25, 0.3) is 89.0 Å². The third-order valence-corrected chi connectivity index (χ3v) is 11.0. The molecule has 0 bridgehead atoms. The minimum Gasteiger partial charge on any atom is -0.284 e. The molecule has 9 aromatic rings. The molecule has 4 heterocycles. The van der Waals surface area contributed by atoms with Crippen LogP contribution in [0.15, 0.2) is 188 Å². The monoisotopic (exact) mass is 703 g/mol. The van der Waals surface area contributed by atoms with Crippen molar-refractivity contribution in [1.82, 2.24) is 24.3 Å². The van der Waals surface area contributed by atoms with E-state index >= 15 is 0 Å². The van der Waals surface area contributed by atoms with Gasteiger partial charge in [0.15, 0.2) is 11.5 Å². The van der Waals surface area contributed by atoms with Gasteiger partial charge in [-0.15, -0.1) is 0 Å². The summed E-state index contributed by atoms with van der Waals surface area (Å²) in [5, 5.41) is 4.54. The molecule has 5 aromatic carbocycles. The van der Waals surface area contributed by atoms with E-state index < -0.39 is 0 Å². The standard InChI is InChI=1S/C50H33N5/c1-3-18-38-33(12-1)14-10-22-40(38)44-31-45(41-23-11-15-34-13-2-4-19-39(34)41)52-49(51-44)35-27-25-32(26-28-35)36-16-9-17-37(30-36)47-42-20-5-6-21-43(42)48-50(54-47)55-29-8-7-24-46(55)53-48/h1-14,16-31,34H,15H2. The summed E-state index contributed by atoms with van der Waals surface area (Å²) in [4.78, 5) is 20.7. The predicted octanol–water partition coefficient (Wildman–Crippen LogP) is 12.1. The Morgan fingerprint density at radius 1 is 0.545 bits per heavy atom. The molecule has 4 aromatic heterocycles. The normalized spacial score (nSPS) is 15.1. The van der Waals surface area contributed by atoms with Gasteiger partial charge in [0.25, 0.3) is 0 Å². The summed E-state index contributed by atoms with van der Waals surface area (Å²) in [5.74, 6) is 1.06. The van der Waals surface area contributed by atoms with E-state index in [1.165, 1.54) is 16.3 Å². The van der Waals surface area contributed by atoms with Crippen molar-refractivity contribution in [3.05, 3.63) is 193 Å². The second kappa shape index (κ2) is 12.7. The third-order valence-electron chi connectivity index (χ3n) is 11.0. The second-order valence-corrected chi connectivity index (χ2v) is 14.2. The van der Waals surface area contributed by atoms with Crippen molar-refractivity contribution >= 4 is 43.9 Å². The molecule has 0 saturated carbocycles. The van der Waals surface area contributed by atoms with E-state index in [0.29, 0.717) is 11.7 Å². The Bertz CT molecular complexity index is 3120. The van der Waals surface area contributed by atoms with Crippen LogP contribution in [0.5, 0.6) is 0 Å². The SMILES string of the molecule is C1=CC2=C(c3cc(-c4cccc5ccccc45)nc(-c4ccc(-c5cccc(-c6nc7c(nc8ccccn87)c7ccccc67)c5)cc4)n3)C=CCC2C=C1. The Hall–Kier alpha value is -7.24. The highest BCUT2D eigenvalue weighted by molar-refractivity contribution is 6.09. The fourth-order valence-corrected chi connectivity index (χ4v) is 8.25. The van der Waals surface area contributed by atoms with Crippen molar-refractivity contribution in [2.75, 3.05) is 0 Å². The highest BCUT2D eigenvalue weighted by atomic mass is 15.1. The van der Waals surface area contributed by atoms with Gasteiger partial charge in [0.1, 0.15) is 11.2 Å². The van der Waals surface area contributed by atoms with Crippen molar-refractivity contribution in [2.24, 2.45) is 5.92 Å².